The van der Waals surface area contributed by atoms with Crippen molar-refractivity contribution < 1.29 is 0 Å². The number of hydrogen-bond acceptors (Lipinski definition) is 3. The van der Waals surface area contributed by atoms with E-state index in [1.807, 2.05) is 35.3 Å². The van der Waals surface area contributed by atoms with Crippen LogP contribution in [0.15, 0.2) is 46.4 Å². The molecule has 0 saturated carbocycles. The molecule has 3 rings (SSSR count). The fourth-order valence-corrected chi connectivity index (χ4v) is 2.79. The molecule has 0 N–H and O–H groups in total. The van der Waals surface area contributed by atoms with Crippen molar-refractivity contribution in [1.82, 2.24) is 13.5 Å². The summed E-state index contributed by atoms with van der Waals surface area (Å²) in [6, 6.07) is 9.44. The van der Waals surface area contributed by atoms with Crippen LogP contribution in [0, 0.1) is 0 Å². The molecule has 0 spiro atoms. The van der Waals surface area contributed by atoms with E-state index in [9.17, 15) is 4.79 Å². The van der Waals surface area contributed by atoms with Crippen LogP contribution in [0.2, 0.25) is 0 Å². The van der Waals surface area contributed by atoms with Gasteiger partial charge in [-0.25, -0.2) is 0 Å². The first-order valence-electron chi connectivity index (χ1n) is 4.73. The monoisotopic (exact) mass is 277 g/mol. The molecule has 78 valence electrons. The molecule has 4 nitrogen and oxygen atoms in total. The fourth-order valence-electron chi connectivity index (χ4n) is 1.53. The van der Waals surface area contributed by atoms with Gasteiger partial charge in [-0.15, -0.1) is 0 Å². The molecule has 0 aliphatic carbocycles. The van der Waals surface area contributed by atoms with Gasteiger partial charge in [0, 0.05) is 0 Å². The Morgan fingerprint density at radius 2 is 2.00 bits per heavy atom. The van der Waals surface area contributed by atoms with E-state index in [0.717, 1.165) is 11.2 Å². The molecule has 0 bridgehead atoms. The molecule has 0 amide bonds. The Balaban J connectivity index is 2.33. The van der Waals surface area contributed by atoms with Gasteiger partial charge in [0.15, 0.2) is 0 Å². The van der Waals surface area contributed by atoms with Crippen LogP contribution in [-0.4, -0.2) is 28.3 Å². The Morgan fingerprint density at radius 1 is 1.19 bits per heavy atom. The summed E-state index contributed by atoms with van der Waals surface area (Å²) in [5.41, 5.74) is 1.94. The van der Waals surface area contributed by atoms with Gasteiger partial charge in [0.2, 0.25) is 0 Å². The summed E-state index contributed by atoms with van der Waals surface area (Å²) < 4.78 is 5.72. The first-order valence-corrected chi connectivity index (χ1v) is 6.49. The molecule has 3 aromatic rings. The molecule has 5 heteroatoms. The van der Waals surface area contributed by atoms with Gasteiger partial charge < -0.3 is 0 Å². The number of para-hydroxylation sites is 1. The van der Waals surface area contributed by atoms with Gasteiger partial charge in [-0.1, -0.05) is 0 Å². The average molecular weight is 276 g/mol. The second-order valence-electron chi connectivity index (χ2n) is 3.30. The summed E-state index contributed by atoms with van der Waals surface area (Å²) in [4.78, 5) is 18.2. The van der Waals surface area contributed by atoms with Gasteiger partial charge in [0.05, 0.1) is 0 Å². The Hall–Kier alpha value is -1.71. The zero-order chi connectivity index (χ0) is 11.0. The molecule has 0 atom stereocenters. The molecular weight excluding hydrogens is 269 g/mol. The van der Waals surface area contributed by atoms with Crippen LogP contribution in [0.3, 0.4) is 0 Å². The van der Waals surface area contributed by atoms with E-state index in [-0.39, 0.29) is 20.3 Å². The molecule has 16 heavy (non-hydrogen) atoms. The van der Waals surface area contributed by atoms with Crippen molar-refractivity contribution in [2.45, 2.75) is 0 Å². The van der Waals surface area contributed by atoms with E-state index >= 15 is 0 Å². The van der Waals surface area contributed by atoms with E-state index in [0.29, 0.717) is 5.52 Å². The van der Waals surface area contributed by atoms with Crippen molar-refractivity contribution in [3.8, 4) is 5.69 Å². The van der Waals surface area contributed by atoms with Crippen molar-refractivity contribution in [2.75, 3.05) is 0 Å². The van der Waals surface area contributed by atoms with Gasteiger partial charge in [-0.2, -0.15) is 0 Å². The van der Waals surface area contributed by atoms with Crippen molar-refractivity contribution in [3.05, 3.63) is 52.0 Å². The number of nitrogens with zero attached hydrogens (tertiary/aromatic N) is 3. The standard InChI is InChI=1S/C11H7N3OSe/c15-11-10-9(6-16-13-10)12-7-14(11)8-4-2-1-3-5-8/h1-7H. The second kappa shape index (κ2) is 3.70. The summed E-state index contributed by atoms with van der Waals surface area (Å²) in [6.45, 7) is 0. The van der Waals surface area contributed by atoms with Crippen LogP contribution in [0.1, 0.15) is 0 Å². The third-order valence-electron chi connectivity index (χ3n) is 2.32. The van der Waals surface area contributed by atoms with Crippen LogP contribution in [0.4, 0.5) is 0 Å². The molecule has 2 aromatic heterocycles. The molecule has 0 aliphatic rings. The first kappa shape index (κ1) is 9.51. The number of rotatable bonds is 1. The average Bonchev–Trinajstić information content (AvgIpc) is 2.80. The number of aromatic nitrogens is 3. The molecule has 0 saturated heterocycles. The summed E-state index contributed by atoms with van der Waals surface area (Å²) in [5.74, 6) is 0. The zero-order valence-corrected chi connectivity index (χ0v) is 9.91. The predicted molar refractivity (Wildman–Crippen MR) is 62.1 cm³/mol. The van der Waals surface area contributed by atoms with Crippen LogP contribution in [-0.2, 0) is 0 Å². The quantitative estimate of drug-likeness (QED) is 0.619. The summed E-state index contributed by atoms with van der Waals surface area (Å²) >= 11 is 0.0321. The van der Waals surface area contributed by atoms with Gasteiger partial charge in [0.1, 0.15) is 0 Å². The number of hydrogen-bond donors (Lipinski definition) is 0. The Morgan fingerprint density at radius 3 is 2.81 bits per heavy atom. The van der Waals surface area contributed by atoms with Crippen LogP contribution in [0.5, 0.6) is 0 Å². The van der Waals surface area contributed by atoms with Gasteiger partial charge in [-0.3, -0.25) is 0 Å². The number of fused-ring (bicyclic) bond motifs is 1. The second-order valence-corrected chi connectivity index (χ2v) is 4.62. The SMILES string of the molecule is O=c1c2n[se]cc2ncn1-c1ccccc1. The van der Waals surface area contributed by atoms with Crippen molar-refractivity contribution in [2.24, 2.45) is 0 Å². The van der Waals surface area contributed by atoms with E-state index in [1.165, 1.54) is 4.57 Å². The van der Waals surface area contributed by atoms with E-state index in [2.05, 4.69) is 8.96 Å². The molecule has 2 heterocycles. The molecule has 0 aliphatic heterocycles. The summed E-state index contributed by atoms with van der Waals surface area (Å²) in [7, 11) is 0. The molecular formula is C11H7N3OSe. The summed E-state index contributed by atoms with van der Waals surface area (Å²) in [6.07, 6.45) is 1.56. The normalized spacial score (nSPS) is 10.8. The zero-order valence-electron chi connectivity index (χ0n) is 8.20. The Kier molecular flexibility index (Phi) is 2.20. The molecule has 0 radical (unpaired) electrons. The maximum atomic E-state index is 12.1. The Bertz CT molecular complexity index is 687. The van der Waals surface area contributed by atoms with E-state index in [1.54, 1.807) is 6.33 Å². The molecule has 0 unspecified atom stereocenters. The first-order chi connectivity index (χ1) is 7.86. The summed E-state index contributed by atoms with van der Waals surface area (Å²) in [5, 5.41) is 0. The van der Waals surface area contributed by atoms with Crippen LogP contribution < -0.4 is 5.56 Å². The fraction of sp³-hybridized carbons (Fsp3) is 0. The third kappa shape index (κ3) is 1.41. The van der Waals surface area contributed by atoms with Crippen molar-refractivity contribution in [3.63, 3.8) is 0 Å². The van der Waals surface area contributed by atoms with Gasteiger partial charge in [0.25, 0.3) is 0 Å². The minimum absolute atomic E-state index is 0.0321. The Labute approximate surface area is 97.2 Å². The third-order valence-corrected chi connectivity index (χ3v) is 3.61. The topological polar surface area (TPSA) is 47.8 Å². The number of benzene rings is 1. The molecule has 1 aromatic carbocycles. The minimum atomic E-state index is -0.0909. The predicted octanol–water partition coefficient (Wildman–Crippen LogP) is 0.838. The van der Waals surface area contributed by atoms with E-state index in [4.69, 9.17) is 0 Å². The van der Waals surface area contributed by atoms with Gasteiger partial charge >= 0.3 is 96.9 Å². The van der Waals surface area contributed by atoms with Crippen LogP contribution >= 0.6 is 0 Å². The van der Waals surface area contributed by atoms with E-state index < -0.39 is 0 Å². The van der Waals surface area contributed by atoms with Gasteiger partial charge in [-0.05, 0) is 0 Å². The van der Waals surface area contributed by atoms with Crippen LogP contribution in [0.25, 0.3) is 16.7 Å². The molecule has 0 fully saturated rings. The maximum absolute atomic E-state index is 12.1. The van der Waals surface area contributed by atoms with Crippen molar-refractivity contribution >= 4 is 25.8 Å². The van der Waals surface area contributed by atoms with Crippen molar-refractivity contribution in [1.29, 1.82) is 0 Å².